The first-order valence-electron chi connectivity index (χ1n) is 10.5. The van der Waals surface area contributed by atoms with Crippen molar-refractivity contribution in [3.05, 3.63) is 60.7 Å². The van der Waals surface area contributed by atoms with Crippen molar-refractivity contribution in [2.24, 2.45) is 0 Å². The zero-order valence-electron chi connectivity index (χ0n) is 18.0. The van der Waals surface area contributed by atoms with E-state index in [0.717, 1.165) is 17.6 Å². The lowest BCUT2D eigenvalue weighted by molar-refractivity contribution is -0.124. The molecular weight excluding hydrogens is 418 g/mol. The van der Waals surface area contributed by atoms with Crippen LogP contribution in [0.25, 0.3) is 17.0 Å². The standard InChI is InChI=1S/C24H21N7O2/c1-2-5-21(32)30-13-10-16(15-30)22-19-9-12-27-24(25)31(19)23(29-22)18-8-7-17(14-28-18)33-20-6-3-4-11-26-20/h3-4,6-9,11-12,14,16H,10,13,15H2,1H3,(H2,25,27). The van der Waals surface area contributed by atoms with Gasteiger partial charge in [0, 0.05) is 37.5 Å². The molecule has 1 aliphatic heterocycles. The van der Waals surface area contributed by atoms with E-state index in [0.29, 0.717) is 42.2 Å². The van der Waals surface area contributed by atoms with Crippen molar-refractivity contribution in [3.8, 4) is 35.0 Å². The number of rotatable bonds is 4. The Balaban J connectivity index is 1.48. The maximum atomic E-state index is 12.2. The minimum Gasteiger partial charge on any atom is -0.437 e. The minimum absolute atomic E-state index is 0.0740. The number of pyridine rings is 2. The second kappa shape index (κ2) is 8.59. The smallest absolute Gasteiger partial charge is 0.298 e. The van der Waals surface area contributed by atoms with Gasteiger partial charge in [0.2, 0.25) is 11.8 Å². The summed E-state index contributed by atoms with van der Waals surface area (Å²) in [5.74, 6) is 7.16. The number of aromatic nitrogens is 5. The van der Waals surface area contributed by atoms with Crippen LogP contribution >= 0.6 is 0 Å². The van der Waals surface area contributed by atoms with E-state index in [1.54, 1.807) is 40.9 Å². The second-order valence-electron chi connectivity index (χ2n) is 7.61. The van der Waals surface area contributed by atoms with Gasteiger partial charge >= 0.3 is 0 Å². The molecule has 1 aliphatic rings. The molecule has 33 heavy (non-hydrogen) atoms. The number of nitrogens with zero attached hydrogens (tertiary/aromatic N) is 6. The number of carbonyl (C=O) groups is 1. The van der Waals surface area contributed by atoms with E-state index in [-0.39, 0.29) is 11.8 Å². The van der Waals surface area contributed by atoms with Gasteiger partial charge in [-0.15, -0.1) is 0 Å². The number of likely N-dealkylation sites (tertiary alicyclic amines) is 1. The zero-order valence-corrected chi connectivity index (χ0v) is 18.0. The van der Waals surface area contributed by atoms with Crippen LogP contribution < -0.4 is 10.5 Å². The van der Waals surface area contributed by atoms with Crippen LogP contribution in [0.4, 0.5) is 5.95 Å². The topological polar surface area (TPSA) is 112 Å². The number of amides is 1. The van der Waals surface area contributed by atoms with Gasteiger partial charge in [-0.1, -0.05) is 12.0 Å². The molecular formula is C24H21N7O2. The van der Waals surface area contributed by atoms with E-state index >= 15 is 0 Å². The Hall–Kier alpha value is -4.45. The lowest BCUT2D eigenvalue weighted by atomic mass is 10.0. The highest BCUT2D eigenvalue weighted by Crippen LogP contribution is 2.33. The first kappa shape index (κ1) is 20.5. The minimum atomic E-state index is -0.157. The van der Waals surface area contributed by atoms with Crippen LogP contribution in [0.15, 0.2) is 55.0 Å². The molecule has 0 aromatic carbocycles. The molecule has 1 saturated heterocycles. The number of carbonyl (C=O) groups excluding carboxylic acids is 1. The summed E-state index contributed by atoms with van der Waals surface area (Å²) in [7, 11) is 0. The van der Waals surface area contributed by atoms with Crippen LogP contribution in [0.3, 0.4) is 0 Å². The predicted molar refractivity (Wildman–Crippen MR) is 122 cm³/mol. The van der Waals surface area contributed by atoms with E-state index in [4.69, 9.17) is 15.5 Å². The highest BCUT2D eigenvalue weighted by Gasteiger charge is 2.31. The normalized spacial score (nSPS) is 15.3. The third kappa shape index (κ3) is 3.94. The predicted octanol–water partition coefficient (Wildman–Crippen LogP) is 2.90. The average molecular weight is 439 g/mol. The van der Waals surface area contributed by atoms with Crippen molar-refractivity contribution in [2.45, 2.75) is 19.3 Å². The summed E-state index contributed by atoms with van der Waals surface area (Å²) in [6.07, 6.45) is 5.75. The van der Waals surface area contributed by atoms with Crippen molar-refractivity contribution in [3.63, 3.8) is 0 Å². The maximum Gasteiger partial charge on any atom is 0.298 e. The van der Waals surface area contributed by atoms with Crippen molar-refractivity contribution in [1.29, 1.82) is 0 Å². The van der Waals surface area contributed by atoms with Gasteiger partial charge in [0.15, 0.2) is 5.82 Å². The first-order chi connectivity index (χ1) is 16.1. The summed E-state index contributed by atoms with van der Waals surface area (Å²) < 4.78 is 7.53. The number of nitrogen functional groups attached to an aromatic ring is 1. The van der Waals surface area contributed by atoms with Gasteiger partial charge in [-0.2, -0.15) is 0 Å². The Bertz CT molecular complexity index is 1370. The van der Waals surface area contributed by atoms with Crippen molar-refractivity contribution in [1.82, 2.24) is 29.2 Å². The quantitative estimate of drug-likeness (QED) is 0.487. The lowest BCUT2D eigenvalue weighted by Crippen LogP contribution is -2.26. The third-order valence-corrected chi connectivity index (χ3v) is 5.53. The maximum absolute atomic E-state index is 12.2. The molecule has 2 N–H and O–H groups in total. The number of fused-ring (bicyclic) bond motifs is 1. The molecule has 1 atom stereocenters. The lowest BCUT2D eigenvalue weighted by Gasteiger charge is -2.12. The molecule has 1 fully saturated rings. The highest BCUT2D eigenvalue weighted by molar-refractivity contribution is 5.93. The zero-order chi connectivity index (χ0) is 22.8. The van der Waals surface area contributed by atoms with Gasteiger partial charge in [-0.05, 0) is 43.5 Å². The molecule has 9 heteroatoms. The fourth-order valence-electron chi connectivity index (χ4n) is 4.01. The number of imidazole rings is 1. The Morgan fingerprint density at radius 3 is 2.82 bits per heavy atom. The van der Waals surface area contributed by atoms with Gasteiger partial charge in [0.05, 0.1) is 17.4 Å². The molecule has 4 aromatic rings. The molecule has 0 radical (unpaired) electrons. The summed E-state index contributed by atoms with van der Waals surface area (Å²) in [5.41, 5.74) is 8.58. The molecule has 9 nitrogen and oxygen atoms in total. The van der Waals surface area contributed by atoms with E-state index < -0.39 is 0 Å². The van der Waals surface area contributed by atoms with Gasteiger partial charge in [-0.25, -0.2) is 19.9 Å². The molecule has 0 aliphatic carbocycles. The van der Waals surface area contributed by atoms with Crippen molar-refractivity contribution >= 4 is 17.4 Å². The van der Waals surface area contributed by atoms with Crippen LogP contribution in [0, 0.1) is 11.8 Å². The number of nitrogens with two attached hydrogens (primary N) is 1. The summed E-state index contributed by atoms with van der Waals surface area (Å²) in [6, 6.07) is 11.0. The Morgan fingerprint density at radius 2 is 2.06 bits per heavy atom. The Morgan fingerprint density at radius 1 is 1.15 bits per heavy atom. The monoisotopic (exact) mass is 439 g/mol. The number of hydrogen-bond donors (Lipinski definition) is 1. The van der Waals surface area contributed by atoms with Crippen molar-refractivity contribution in [2.75, 3.05) is 18.8 Å². The fourth-order valence-corrected chi connectivity index (χ4v) is 4.01. The SMILES string of the molecule is CC#CC(=O)N1CCC(c2nc(-c3ccc(Oc4ccccn4)cn3)n3c(N)nccc23)C1. The summed E-state index contributed by atoms with van der Waals surface area (Å²) >= 11 is 0. The Kier molecular flexibility index (Phi) is 5.32. The molecule has 1 amide bonds. The second-order valence-corrected chi connectivity index (χ2v) is 7.61. The largest absolute Gasteiger partial charge is 0.437 e. The van der Waals surface area contributed by atoms with Gasteiger partial charge in [0.1, 0.15) is 11.4 Å². The molecule has 0 spiro atoms. The van der Waals surface area contributed by atoms with Crippen LogP contribution in [-0.2, 0) is 4.79 Å². The molecule has 5 rings (SSSR count). The van der Waals surface area contributed by atoms with Crippen LogP contribution in [0.2, 0.25) is 0 Å². The summed E-state index contributed by atoms with van der Waals surface area (Å²) in [4.78, 5) is 31.8. The molecule has 164 valence electrons. The third-order valence-electron chi connectivity index (χ3n) is 5.53. The number of hydrogen-bond acceptors (Lipinski definition) is 7. The Labute approximate surface area is 190 Å². The fraction of sp³-hybridized carbons (Fsp3) is 0.208. The molecule has 0 saturated carbocycles. The average Bonchev–Trinajstić information content (AvgIpc) is 3.47. The van der Waals surface area contributed by atoms with E-state index in [1.165, 1.54) is 0 Å². The first-order valence-corrected chi connectivity index (χ1v) is 10.5. The van der Waals surface area contributed by atoms with E-state index in [2.05, 4.69) is 26.8 Å². The molecule has 4 aromatic heterocycles. The van der Waals surface area contributed by atoms with Crippen molar-refractivity contribution < 1.29 is 9.53 Å². The number of ether oxygens (including phenoxy) is 1. The molecule has 5 heterocycles. The molecule has 1 unspecified atom stereocenters. The van der Waals surface area contributed by atoms with Gasteiger partial charge in [0.25, 0.3) is 5.91 Å². The molecule has 0 bridgehead atoms. The van der Waals surface area contributed by atoms with Crippen LogP contribution in [-0.4, -0.2) is 48.2 Å². The van der Waals surface area contributed by atoms with Crippen LogP contribution in [0.1, 0.15) is 25.0 Å². The summed E-state index contributed by atoms with van der Waals surface area (Å²) in [6.45, 7) is 2.87. The summed E-state index contributed by atoms with van der Waals surface area (Å²) in [5, 5.41) is 0. The number of anilines is 1. The van der Waals surface area contributed by atoms with Gasteiger partial charge in [-0.3, -0.25) is 9.20 Å². The van der Waals surface area contributed by atoms with E-state index in [1.807, 2.05) is 30.3 Å². The highest BCUT2D eigenvalue weighted by atomic mass is 16.5. The van der Waals surface area contributed by atoms with E-state index in [9.17, 15) is 4.79 Å². The van der Waals surface area contributed by atoms with Gasteiger partial charge < -0.3 is 15.4 Å². The van der Waals surface area contributed by atoms with Crippen LogP contribution in [0.5, 0.6) is 11.6 Å².